The number of ether oxygens (including phenoxy) is 1. The Bertz CT molecular complexity index is 922. The zero-order valence-corrected chi connectivity index (χ0v) is 22.9. The lowest BCUT2D eigenvalue weighted by molar-refractivity contribution is -0.384. The number of nitro groups is 1. The van der Waals surface area contributed by atoms with Gasteiger partial charge in [-0.2, -0.15) is 0 Å². The van der Waals surface area contributed by atoms with Gasteiger partial charge in [0.1, 0.15) is 11.5 Å². The quantitative estimate of drug-likeness (QED) is 0.0495. The summed E-state index contributed by atoms with van der Waals surface area (Å²) in [6.07, 6.45) is 23.9. The summed E-state index contributed by atoms with van der Waals surface area (Å²) < 4.78 is 5.17. The molecule has 0 heterocycles. The maximum Gasteiger partial charge on any atom is 0.311 e. The first kappa shape index (κ1) is 32.7. The van der Waals surface area contributed by atoms with Gasteiger partial charge in [-0.1, -0.05) is 96.8 Å². The highest BCUT2D eigenvalue weighted by atomic mass is 16.6. The summed E-state index contributed by atoms with van der Waals surface area (Å²) in [6, 6.07) is 5.74. The smallest absolute Gasteiger partial charge is 0.311 e. The molecule has 0 saturated heterocycles. The molecule has 0 radical (unpaired) electrons. The molecule has 0 amide bonds. The molecule has 8 heteroatoms. The molecular weight excluding hydrogens is 482 g/mol. The first-order valence-corrected chi connectivity index (χ1v) is 14.1. The zero-order chi connectivity index (χ0) is 28.0. The van der Waals surface area contributed by atoms with Gasteiger partial charge in [0.05, 0.1) is 4.92 Å². The number of nitro benzene ring substituents is 1. The van der Waals surface area contributed by atoms with Crippen LogP contribution in [-0.2, 0) is 14.3 Å². The normalized spacial score (nSPS) is 12.5. The summed E-state index contributed by atoms with van der Waals surface area (Å²) in [5, 5.41) is 17.5. The van der Waals surface area contributed by atoms with Gasteiger partial charge in [-0.15, -0.1) is 0 Å². The van der Waals surface area contributed by atoms with Crippen LogP contribution in [0, 0.1) is 15.5 Å². The molecule has 210 valence electrons. The van der Waals surface area contributed by atoms with Crippen LogP contribution >= 0.6 is 0 Å². The van der Waals surface area contributed by atoms with Crippen molar-refractivity contribution in [2.24, 2.45) is 0 Å². The van der Waals surface area contributed by atoms with Gasteiger partial charge in [0, 0.05) is 30.3 Å². The van der Waals surface area contributed by atoms with Crippen molar-refractivity contribution in [1.29, 1.82) is 5.41 Å². The van der Waals surface area contributed by atoms with Crippen molar-refractivity contribution in [3.8, 4) is 0 Å². The molecule has 1 aromatic rings. The number of allylic oxidation sites excluding steroid dienone is 3. The van der Waals surface area contributed by atoms with Crippen LogP contribution in [0.2, 0.25) is 0 Å². The van der Waals surface area contributed by atoms with Crippen LogP contribution in [0.4, 0.5) is 11.4 Å². The summed E-state index contributed by atoms with van der Waals surface area (Å²) in [6.45, 7) is 2.26. The number of rotatable bonds is 18. The second-order valence-electron chi connectivity index (χ2n) is 9.68. The maximum atomic E-state index is 11.8. The van der Waals surface area contributed by atoms with Crippen LogP contribution in [0.1, 0.15) is 110 Å². The Hall–Kier alpha value is -3.29. The zero-order valence-electron chi connectivity index (χ0n) is 22.9. The SMILES string of the molecule is CCCCCCCCCCCCCCCCCC(=O)OC1=CC(=N)C(=O)C=C1.Nc1ccc([N+](=O)[O-])cc1. The molecule has 1 aliphatic rings. The first-order chi connectivity index (χ1) is 18.3. The summed E-state index contributed by atoms with van der Waals surface area (Å²) >= 11 is 0. The minimum Gasteiger partial charge on any atom is -0.426 e. The van der Waals surface area contributed by atoms with Crippen LogP contribution in [0.15, 0.2) is 48.3 Å². The van der Waals surface area contributed by atoms with E-state index in [1.54, 1.807) is 0 Å². The fourth-order valence-electron chi connectivity index (χ4n) is 3.99. The third-order valence-corrected chi connectivity index (χ3v) is 6.27. The number of ketones is 1. The summed E-state index contributed by atoms with van der Waals surface area (Å²) in [4.78, 5) is 32.6. The fourth-order valence-corrected chi connectivity index (χ4v) is 3.99. The van der Waals surface area contributed by atoms with Crippen molar-refractivity contribution in [1.82, 2.24) is 0 Å². The van der Waals surface area contributed by atoms with Crippen LogP contribution < -0.4 is 5.73 Å². The van der Waals surface area contributed by atoms with E-state index in [4.69, 9.17) is 15.9 Å². The number of hydrogen-bond acceptors (Lipinski definition) is 7. The second-order valence-corrected chi connectivity index (χ2v) is 9.68. The van der Waals surface area contributed by atoms with Crippen LogP contribution in [-0.4, -0.2) is 22.4 Å². The van der Waals surface area contributed by atoms with Crippen LogP contribution in [0.3, 0.4) is 0 Å². The number of nitrogens with two attached hydrogens (primary N) is 1. The Kier molecular flexibility index (Phi) is 17.9. The van der Waals surface area contributed by atoms with Gasteiger partial charge < -0.3 is 10.5 Å². The Morgan fingerprint density at radius 1 is 0.842 bits per heavy atom. The summed E-state index contributed by atoms with van der Waals surface area (Å²) in [5.41, 5.74) is 5.76. The minimum atomic E-state index is -0.459. The van der Waals surface area contributed by atoms with E-state index in [0.29, 0.717) is 12.1 Å². The number of nitrogens with zero attached hydrogens (tertiary/aromatic N) is 1. The van der Waals surface area contributed by atoms with E-state index in [0.717, 1.165) is 12.8 Å². The van der Waals surface area contributed by atoms with E-state index >= 15 is 0 Å². The number of benzene rings is 1. The predicted octanol–water partition coefficient (Wildman–Crippen LogP) is 8.01. The van der Waals surface area contributed by atoms with Crippen molar-refractivity contribution >= 4 is 28.8 Å². The minimum absolute atomic E-state index is 0.0641. The van der Waals surface area contributed by atoms with Crippen molar-refractivity contribution in [3.63, 3.8) is 0 Å². The number of carbonyl (C=O) groups is 2. The number of esters is 1. The average Bonchev–Trinajstić information content (AvgIpc) is 2.89. The molecule has 0 bridgehead atoms. The molecule has 1 aromatic carbocycles. The third kappa shape index (κ3) is 16.5. The molecule has 0 saturated carbocycles. The summed E-state index contributed by atoms with van der Waals surface area (Å²) in [5.74, 6) is -0.356. The number of nitrogen functional groups attached to an aromatic ring is 1. The van der Waals surface area contributed by atoms with Crippen molar-refractivity contribution < 1.29 is 19.2 Å². The van der Waals surface area contributed by atoms with E-state index in [-0.39, 0.29) is 28.9 Å². The van der Waals surface area contributed by atoms with Gasteiger partial charge >= 0.3 is 5.97 Å². The van der Waals surface area contributed by atoms with Crippen molar-refractivity contribution in [3.05, 3.63) is 58.4 Å². The van der Waals surface area contributed by atoms with Gasteiger partial charge in [-0.3, -0.25) is 25.1 Å². The monoisotopic (exact) mass is 527 g/mol. The highest BCUT2D eigenvalue weighted by molar-refractivity contribution is 6.47. The van der Waals surface area contributed by atoms with E-state index in [1.165, 1.54) is 126 Å². The molecule has 0 atom stereocenters. The average molecular weight is 528 g/mol. The number of unbranched alkanes of at least 4 members (excludes halogenated alkanes) is 14. The largest absolute Gasteiger partial charge is 0.426 e. The summed E-state index contributed by atoms with van der Waals surface area (Å²) in [7, 11) is 0. The maximum absolute atomic E-state index is 11.8. The Labute approximate surface area is 227 Å². The number of nitrogens with one attached hydrogen (secondary N) is 1. The fraction of sp³-hybridized carbons (Fsp3) is 0.567. The van der Waals surface area contributed by atoms with E-state index in [9.17, 15) is 19.7 Å². The molecule has 38 heavy (non-hydrogen) atoms. The highest BCUT2D eigenvalue weighted by Gasteiger charge is 2.13. The third-order valence-electron chi connectivity index (χ3n) is 6.27. The topological polar surface area (TPSA) is 136 Å². The molecule has 0 unspecified atom stereocenters. The molecule has 2 rings (SSSR count). The standard InChI is InChI=1S/C24H39NO3.C6H6N2O2/c1-2-3-4-5-6-7-8-9-10-11-12-13-14-15-16-17-24(27)28-21-18-19-23(26)22(25)20-21;7-5-1-3-6(4-2-5)8(9)10/h18-20,25H,2-17H2,1H3;1-4H,7H2. The number of non-ortho nitro benzene ring substituents is 1. The molecule has 0 fully saturated rings. The number of anilines is 1. The lowest BCUT2D eigenvalue weighted by Gasteiger charge is -2.08. The highest BCUT2D eigenvalue weighted by Crippen LogP contribution is 2.15. The van der Waals surface area contributed by atoms with Crippen LogP contribution in [0.5, 0.6) is 0 Å². The molecule has 8 nitrogen and oxygen atoms in total. The van der Waals surface area contributed by atoms with Gasteiger partial charge in [0.25, 0.3) is 5.69 Å². The lowest BCUT2D eigenvalue weighted by Crippen LogP contribution is -2.13. The van der Waals surface area contributed by atoms with Crippen molar-refractivity contribution in [2.45, 2.75) is 110 Å². The molecule has 3 N–H and O–H groups in total. The van der Waals surface area contributed by atoms with E-state index < -0.39 is 4.92 Å². The molecular formula is C30H45N3O5. The Balaban J connectivity index is 0.000000600. The Morgan fingerprint density at radius 2 is 1.32 bits per heavy atom. The molecule has 0 aliphatic heterocycles. The molecule has 0 aromatic heterocycles. The van der Waals surface area contributed by atoms with E-state index in [2.05, 4.69) is 6.92 Å². The van der Waals surface area contributed by atoms with Gasteiger partial charge in [-0.25, -0.2) is 0 Å². The first-order valence-electron chi connectivity index (χ1n) is 14.1. The number of carbonyl (C=O) groups excluding carboxylic acids is 2. The molecule has 0 spiro atoms. The Morgan fingerprint density at radius 3 is 1.76 bits per heavy atom. The van der Waals surface area contributed by atoms with Gasteiger partial charge in [0.2, 0.25) is 5.78 Å². The number of hydrogen-bond donors (Lipinski definition) is 2. The molecule has 1 aliphatic carbocycles. The van der Waals surface area contributed by atoms with E-state index in [1.807, 2.05) is 0 Å². The van der Waals surface area contributed by atoms with Crippen molar-refractivity contribution in [2.75, 3.05) is 5.73 Å². The predicted molar refractivity (Wildman–Crippen MR) is 153 cm³/mol. The second kappa shape index (κ2) is 20.7. The lowest BCUT2D eigenvalue weighted by atomic mass is 10.0. The van der Waals surface area contributed by atoms with Gasteiger partial charge in [0.15, 0.2) is 0 Å². The van der Waals surface area contributed by atoms with Gasteiger partial charge in [-0.05, 0) is 30.7 Å². The van der Waals surface area contributed by atoms with Crippen LogP contribution in [0.25, 0.3) is 0 Å².